The molecule has 0 spiro atoms. The van der Waals surface area contributed by atoms with Crippen molar-refractivity contribution in [3.8, 4) is 11.1 Å². The van der Waals surface area contributed by atoms with Crippen molar-refractivity contribution in [2.45, 2.75) is 0 Å². The Morgan fingerprint density at radius 1 is 1.00 bits per heavy atom. The van der Waals surface area contributed by atoms with E-state index in [2.05, 4.69) is 4.98 Å². The van der Waals surface area contributed by atoms with E-state index in [1.807, 2.05) is 12.1 Å². The molecule has 3 aromatic rings. The highest BCUT2D eigenvalue weighted by Gasteiger charge is 2.09. The molecule has 0 bridgehead atoms. The summed E-state index contributed by atoms with van der Waals surface area (Å²) < 4.78 is 13.9. The predicted molar refractivity (Wildman–Crippen MR) is 77.2 cm³/mol. The van der Waals surface area contributed by atoms with Gasteiger partial charge in [0.2, 0.25) is 0 Å². The zero-order valence-corrected chi connectivity index (χ0v) is 11.2. The monoisotopic (exact) mass is 291 g/mol. The Hall–Kier alpha value is -1.64. The van der Waals surface area contributed by atoms with Crippen LogP contribution in [0.25, 0.3) is 22.0 Å². The molecule has 0 amide bonds. The molecule has 2 aromatic carbocycles. The van der Waals surface area contributed by atoms with Gasteiger partial charge in [0.15, 0.2) is 0 Å². The molecule has 1 heterocycles. The van der Waals surface area contributed by atoms with Gasteiger partial charge >= 0.3 is 0 Å². The number of rotatable bonds is 1. The highest BCUT2D eigenvalue weighted by atomic mass is 35.5. The Morgan fingerprint density at radius 3 is 2.68 bits per heavy atom. The van der Waals surface area contributed by atoms with Crippen LogP contribution < -0.4 is 0 Å². The van der Waals surface area contributed by atoms with Gasteiger partial charge in [-0.3, -0.25) is 4.98 Å². The first-order chi connectivity index (χ1) is 9.15. The molecule has 0 unspecified atom stereocenters. The summed E-state index contributed by atoms with van der Waals surface area (Å²) in [5.41, 5.74) is 1.81. The molecule has 94 valence electrons. The zero-order chi connectivity index (χ0) is 13.4. The molecule has 0 radical (unpaired) electrons. The summed E-state index contributed by atoms with van der Waals surface area (Å²) in [6, 6.07) is 11.7. The van der Waals surface area contributed by atoms with E-state index >= 15 is 0 Å². The van der Waals surface area contributed by atoms with Gasteiger partial charge in [0.25, 0.3) is 0 Å². The fourth-order valence-electron chi connectivity index (χ4n) is 2.01. The third-order valence-electron chi connectivity index (χ3n) is 2.91. The van der Waals surface area contributed by atoms with Crippen LogP contribution in [0.15, 0.2) is 48.7 Å². The Kier molecular flexibility index (Phi) is 3.13. The molecular weight excluding hydrogens is 284 g/mol. The lowest BCUT2D eigenvalue weighted by molar-refractivity contribution is 0.631. The van der Waals surface area contributed by atoms with Crippen LogP contribution in [0.5, 0.6) is 0 Å². The molecule has 0 saturated heterocycles. The van der Waals surface area contributed by atoms with Crippen LogP contribution in [0, 0.1) is 5.82 Å². The molecule has 0 fully saturated rings. The van der Waals surface area contributed by atoms with Crippen LogP contribution in [-0.2, 0) is 0 Å². The lowest BCUT2D eigenvalue weighted by Gasteiger charge is -2.07. The van der Waals surface area contributed by atoms with Gasteiger partial charge in [-0.1, -0.05) is 23.2 Å². The van der Waals surface area contributed by atoms with Crippen molar-refractivity contribution in [3.05, 3.63) is 64.5 Å². The first kappa shape index (κ1) is 12.4. The predicted octanol–water partition coefficient (Wildman–Crippen LogP) is 5.35. The fraction of sp³-hybridized carbons (Fsp3) is 0. The van der Waals surface area contributed by atoms with E-state index in [4.69, 9.17) is 23.2 Å². The topological polar surface area (TPSA) is 12.9 Å². The third kappa shape index (κ3) is 2.29. The number of benzene rings is 2. The molecule has 0 aliphatic heterocycles. The van der Waals surface area contributed by atoms with Crippen molar-refractivity contribution < 1.29 is 4.39 Å². The first-order valence-corrected chi connectivity index (χ1v) is 6.40. The van der Waals surface area contributed by atoms with Crippen molar-refractivity contribution in [1.29, 1.82) is 0 Å². The average molecular weight is 292 g/mol. The average Bonchev–Trinajstić information content (AvgIpc) is 2.41. The maximum Gasteiger partial charge on any atom is 0.131 e. The number of aromatic nitrogens is 1. The van der Waals surface area contributed by atoms with Crippen molar-refractivity contribution in [1.82, 2.24) is 4.98 Å². The van der Waals surface area contributed by atoms with Crippen LogP contribution in [0.1, 0.15) is 0 Å². The summed E-state index contributed by atoms with van der Waals surface area (Å²) >= 11 is 12.1. The number of nitrogens with zero attached hydrogens (tertiary/aromatic N) is 1. The minimum atomic E-state index is -0.337. The molecule has 0 saturated carbocycles. The van der Waals surface area contributed by atoms with E-state index in [1.54, 1.807) is 24.4 Å². The van der Waals surface area contributed by atoms with Gasteiger partial charge in [-0.05, 0) is 48.0 Å². The zero-order valence-electron chi connectivity index (χ0n) is 9.70. The van der Waals surface area contributed by atoms with Crippen molar-refractivity contribution in [2.24, 2.45) is 0 Å². The number of fused-ring (bicyclic) bond motifs is 1. The third-order valence-corrected chi connectivity index (χ3v) is 3.46. The van der Waals surface area contributed by atoms with Gasteiger partial charge < -0.3 is 0 Å². The molecule has 3 rings (SSSR count). The number of halogens is 3. The van der Waals surface area contributed by atoms with Gasteiger partial charge in [-0.25, -0.2) is 4.39 Å². The van der Waals surface area contributed by atoms with E-state index in [1.165, 1.54) is 12.1 Å². The molecule has 1 aromatic heterocycles. The summed E-state index contributed by atoms with van der Waals surface area (Å²) in [5.74, 6) is -0.337. The summed E-state index contributed by atoms with van der Waals surface area (Å²) in [6.45, 7) is 0. The van der Waals surface area contributed by atoms with E-state index < -0.39 is 0 Å². The lowest BCUT2D eigenvalue weighted by atomic mass is 10.0. The lowest BCUT2D eigenvalue weighted by Crippen LogP contribution is -1.87. The Morgan fingerprint density at radius 2 is 1.84 bits per heavy atom. The summed E-state index contributed by atoms with van der Waals surface area (Å²) in [5, 5.41) is 1.86. The number of pyridine rings is 1. The number of hydrogen-bond donors (Lipinski definition) is 0. The Labute approximate surface area is 119 Å². The maximum atomic E-state index is 13.9. The maximum absolute atomic E-state index is 13.9. The second-order valence-corrected chi connectivity index (χ2v) is 5.00. The Balaban J connectivity index is 2.28. The largest absolute Gasteiger partial charge is 0.256 e. The van der Waals surface area contributed by atoms with Crippen LogP contribution in [-0.4, -0.2) is 4.98 Å². The van der Waals surface area contributed by atoms with Crippen LogP contribution in [0.3, 0.4) is 0 Å². The Bertz CT molecular complexity index is 771. The second kappa shape index (κ2) is 4.80. The molecule has 0 aliphatic rings. The standard InChI is InChI=1S/C15H8Cl2FN/c16-10-3-4-14(18)12(8-10)9-6-13(17)11-2-1-5-19-15(11)7-9/h1-8H. The summed E-state index contributed by atoms with van der Waals surface area (Å²) in [4.78, 5) is 4.24. The van der Waals surface area contributed by atoms with Crippen molar-refractivity contribution >= 4 is 34.1 Å². The molecule has 19 heavy (non-hydrogen) atoms. The van der Waals surface area contributed by atoms with Gasteiger partial charge in [-0.15, -0.1) is 0 Å². The molecule has 0 aliphatic carbocycles. The summed E-state index contributed by atoms with van der Waals surface area (Å²) in [6.07, 6.45) is 1.68. The minimum absolute atomic E-state index is 0.337. The van der Waals surface area contributed by atoms with Crippen LogP contribution in [0.2, 0.25) is 10.0 Å². The van der Waals surface area contributed by atoms with Crippen LogP contribution in [0.4, 0.5) is 4.39 Å². The minimum Gasteiger partial charge on any atom is -0.256 e. The van der Waals surface area contributed by atoms with Gasteiger partial charge in [-0.2, -0.15) is 0 Å². The van der Waals surface area contributed by atoms with E-state index in [0.29, 0.717) is 21.2 Å². The van der Waals surface area contributed by atoms with Crippen molar-refractivity contribution in [2.75, 3.05) is 0 Å². The molecule has 4 heteroatoms. The first-order valence-electron chi connectivity index (χ1n) is 5.65. The van der Waals surface area contributed by atoms with E-state index in [0.717, 1.165) is 10.9 Å². The highest BCUT2D eigenvalue weighted by molar-refractivity contribution is 6.35. The normalized spacial score (nSPS) is 10.9. The van der Waals surface area contributed by atoms with Gasteiger partial charge in [0, 0.05) is 22.2 Å². The molecule has 0 atom stereocenters. The summed E-state index contributed by atoms with van der Waals surface area (Å²) in [7, 11) is 0. The number of hydrogen-bond acceptors (Lipinski definition) is 1. The van der Waals surface area contributed by atoms with E-state index in [9.17, 15) is 4.39 Å². The quantitative estimate of drug-likeness (QED) is 0.589. The highest BCUT2D eigenvalue weighted by Crippen LogP contribution is 2.32. The van der Waals surface area contributed by atoms with Crippen LogP contribution >= 0.6 is 23.2 Å². The molecule has 0 N–H and O–H groups in total. The fourth-order valence-corrected chi connectivity index (χ4v) is 2.46. The van der Waals surface area contributed by atoms with Gasteiger partial charge in [0.05, 0.1) is 10.5 Å². The molecule has 1 nitrogen and oxygen atoms in total. The van der Waals surface area contributed by atoms with E-state index in [-0.39, 0.29) is 5.82 Å². The van der Waals surface area contributed by atoms with Gasteiger partial charge in [0.1, 0.15) is 5.82 Å². The second-order valence-electron chi connectivity index (χ2n) is 4.15. The van der Waals surface area contributed by atoms with Crippen molar-refractivity contribution in [3.63, 3.8) is 0 Å². The molecular formula is C15H8Cl2FN. The smallest absolute Gasteiger partial charge is 0.131 e. The SMILES string of the molecule is Fc1ccc(Cl)cc1-c1cc(Cl)c2cccnc2c1.